The quantitative estimate of drug-likeness (QED) is 0.714. The number of benzene rings is 2. The summed E-state index contributed by atoms with van der Waals surface area (Å²) in [7, 11) is 0. The Balaban J connectivity index is 2.20. The van der Waals surface area contributed by atoms with Crippen molar-refractivity contribution < 1.29 is 9.47 Å². The van der Waals surface area contributed by atoms with Gasteiger partial charge in [0, 0.05) is 5.92 Å². The van der Waals surface area contributed by atoms with E-state index in [1.54, 1.807) is 0 Å². The van der Waals surface area contributed by atoms with E-state index in [1.807, 2.05) is 19.1 Å². The Morgan fingerprint density at radius 2 is 1.64 bits per heavy atom. The number of rotatable bonds is 9. The number of hydrogen-bond acceptors (Lipinski definition) is 3. The average molecular weight is 341 g/mol. The second-order valence-electron chi connectivity index (χ2n) is 6.54. The molecule has 0 radical (unpaired) electrons. The van der Waals surface area contributed by atoms with Gasteiger partial charge in [-0.3, -0.25) is 0 Å². The first-order chi connectivity index (χ1) is 12.1. The van der Waals surface area contributed by atoms with Gasteiger partial charge in [0.1, 0.15) is 11.5 Å². The molecular weight excluding hydrogens is 310 g/mol. The van der Waals surface area contributed by atoms with Crippen molar-refractivity contribution in [1.82, 2.24) is 0 Å². The van der Waals surface area contributed by atoms with Crippen molar-refractivity contribution in [2.24, 2.45) is 5.73 Å². The van der Waals surface area contributed by atoms with E-state index < -0.39 is 0 Å². The summed E-state index contributed by atoms with van der Waals surface area (Å²) in [6, 6.07) is 12.7. The molecule has 1 atom stereocenters. The van der Waals surface area contributed by atoms with Gasteiger partial charge in [0.2, 0.25) is 0 Å². The van der Waals surface area contributed by atoms with Crippen molar-refractivity contribution in [2.75, 3.05) is 19.8 Å². The zero-order chi connectivity index (χ0) is 18.2. The van der Waals surface area contributed by atoms with Gasteiger partial charge >= 0.3 is 0 Å². The van der Waals surface area contributed by atoms with E-state index in [4.69, 9.17) is 15.2 Å². The number of hydrogen-bond donors (Lipinski definition) is 1. The molecule has 0 fully saturated rings. The SMILES string of the molecule is CCCOc1ccc(CC(CN)c2cc(C)c(C)cc2OCC)cc1. The van der Waals surface area contributed by atoms with Crippen LogP contribution in [0.5, 0.6) is 11.5 Å². The van der Waals surface area contributed by atoms with Gasteiger partial charge in [0.05, 0.1) is 13.2 Å². The van der Waals surface area contributed by atoms with E-state index in [2.05, 4.69) is 45.0 Å². The van der Waals surface area contributed by atoms with Crippen molar-refractivity contribution in [3.63, 3.8) is 0 Å². The van der Waals surface area contributed by atoms with E-state index in [0.29, 0.717) is 13.2 Å². The summed E-state index contributed by atoms with van der Waals surface area (Å²) in [6.45, 7) is 10.4. The van der Waals surface area contributed by atoms with Crippen LogP contribution >= 0.6 is 0 Å². The predicted octanol–water partition coefficient (Wildman–Crippen LogP) is 4.78. The molecule has 0 saturated carbocycles. The maximum Gasteiger partial charge on any atom is 0.123 e. The van der Waals surface area contributed by atoms with Crippen LogP contribution in [0.4, 0.5) is 0 Å². The van der Waals surface area contributed by atoms with Crippen LogP contribution in [-0.4, -0.2) is 19.8 Å². The van der Waals surface area contributed by atoms with Gasteiger partial charge in [0.15, 0.2) is 0 Å². The van der Waals surface area contributed by atoms with Crippen LogP contribution in [-0.2, 0) is 6.42 Å². The van der Waals surface area contributed by atoms with Gasteiger partial charge in [-0.1, -0.05) is 25.1 Å². The molecule has 0 spiro atoms. The van der Waals surface area contributed by atoms with Gasteiger partial charge in [-0.2, -0.15) is 0 Å². The summed E-state index contributed by atoms with van der Waals surface area (Å²) in [6.07, 6.45) is 1.91. The number of nitrogens with two attached hydrogens (primary N) is 1. The Labute approximate surface area is 152 Å². The Hall–Kier alpha value is -2.00. The molecule has 0 saturated heterocycles. The van der Waals surface area contributed by atoms with Crippen molar-refractivity contribution in [3.8, 4) is 11.5 Å². The maximum absolute atomic E-state index is 6.12. The topological polar surface area (TPSA) is 44.5 Å². The minimum atomic E-state index is 0.239. The van der Waals surface area contributed by atoms with E-state index in [0.717, 1.165) is 30.9 Å². The highest BCUT2D eigenvalue weighted by Gasteiger charge is 2.17. The molecule has 2 aromatic carbocycles. The van der Waals surface area contributed by atoms with Crippen molar-refractivity contribution in [1.29, 1.82) is 0 Å². The van der Waals surface area contributed by atoms with Crippen molar-refractivity contribution in [2.45, 2.75) is 46.5 Å². The fraction of sp³-hybridized carbons (Fsp3) is 0.455. The Morgan fingerprint density at radius 3 is 2.24 bits per heavy atom. The maximum atomic E-state index is 6.12. The van der Waals surface area contributed by atoms with Crippen LogP contribution in [0.2, 0.25) is 0 Å². The first-order valence-corrected chi connectivity index (χ1v) is 9.24. The first-order valence-electron chi connectivity index (χ1n) is 9.24. The van der Waals surface area contributed by atoms with E-state index >= 15 is 0 Å². The summed E-state index contributed by atoms with van der Waals surface area (Å²) < 4.78 is 11.5. The summed E-state index contributed by atoms with van der Waals surface area (Å²) in [4.78, 5) is 0. The molecule has 0 aliphatic rings. The molecule has 1 unspecified atom stereocenters. The molecule has 0 heterocycles. The van der Waals surface area contributed by atoms with Gasteiger partial charge in [-0.05, 0) is 80.6 Å². The highest BCUT2D eigenvalue weighted by Crippen LogP contribution is 2.32. The molecule has 0 aliphatic heterocycles. The van der Waals surface area contributed by atoms with Gasteiger partial charge < -0.3 is 15.2 Å². The minimum Gasteiger partial charge on any atom is -0.494 e. The normalized spacial score (nSPS) is 12.0. The smallest absolute Gasteiger partial charge is 0.123 e. The highest BCUT2D eigenvalue weighted by molar-refractivity contribution is 5.44. The summed E-state index contributed by atoms with van der Waals surface area (Å²) >= 11 is 0. The number of ether oxygens (including phenoxy) is 2. The van der Waals surface area contributed by atoms with Crippen LogP contribution < -0.4 is 15.2 Å². The lowest BCUT2D eigenvalue weighted by Crippen LogP contribution is -2.16. The van der Waals surface area contributed by atoms with E-state index in [9.17, 15) is 0 Å². The monoisotopic (exact) mass is 341 g/mol. The molecule has 136 valence electrons. The Kier molecular flexibility index (Phi) is 7.32. The lowest BCUT2D eigenvalue weighted by atomic mass is 9.89. The molecular formula is C22H31NO2. The predicted molar refractivity (Wildman–Crippen MR) is 105 cm³/mol. The fourth-order valence-electron chi connectivity index (χ4n) is 2.96. The summed E-state index contributed by atoms with van der Waals surface area (Å²) in [5, 5.41) is 0. The molecule has 0 amide bonds. The Morgan fingerprint density at radius 1 is 0.960 bits per heavy atom. The second-order valence-corrected chi connectivity index (χ2v) is 6.54. The number of aryl methyl sites for hydroxylation is 2. The molecule has 2 rings (SSSR count). The molecule has 3 heteroatoms. The molecule has 2 aromatic rings. The van der Waals surface area contributed by atoms with E-state index in [-0.39, 0.29) is 5.92 Å². The van der Waals surface area contributed by atoms with Crippen LogP contribution in [0.25, 0.3) is 0 Å². The van der Waals surface area contributed by atoms with Crippen molar-refractivity contribution in [3.05, 3.63) is 58.7 Å². The van der Waals surface area contributed by atoms with E-state index in [1.165, 1.54) is 22.3 Å². The third kappa shape index (κ3) is 5.23. The highest BCUT2D eigenvalue weighted by atomic mass is 16.5. The third-order valence-electron chi connectivity index (χ3n) is 4.53. The molecule has 0 aliphatic carbocycles. The third-order valence-corrected chi connectivity index (χ3v) is 4.53. The lowest BCUT2D eigenvalue weighted by molar-refractivity contribution is 0.317. The zero-order valence-corrected chi connectivity index (χ0v) is 16.0. The summed E-state index contributed by atoms with van der Waals surface area (Å²) in [5.41, 5.74) is 11.1. The molecule has 25 heavy (non-hydrogen) atoms. The molecule has 3 nitrogen and oxygen atoms in total. The zero-order valence-electron chi connectivity index (χ0n) is 16.0. The van der Waals surface area contributed by atoms with Gasteiger partial charge in [-0.25, -0.2) is 0 Å². The molecule has 0 bridgehead atoms. The van der Waals surface area contributed by atoms with Crippen LogP contribution in [0, 0.1) is 13.8 Å². The molecule has 2 N–H and O–H groups in total. The molecule has 0 aromatic heterocycles. The fourth-order valence-corrected chi connectivity index (χ4v) is 2.96. The van der Waals surface area contributed by atoms with Crippen molar-refractivity contribution >= 4 is 0 Å². The minimum absolute atomic E-state index is 0.239. The largest absolute Gasteiger partial charge is 0.494 e. The van der Waals surface area contributed by atoms with Gasteiger partial charge in [0.25, 0.3) is 0 Å². The average Bonchev–Trinajstić information content (AvgIpc) is 2.62. The first kappa shape index (κ1) is 19.3. The second kappa shape index (κ2) is 9.47. The van der Waals surface area contributed by atoms with Crippen LogP contribution in [0.3, 0.4) is 0 Å². The summed E-state index contributed by atoms with van der Waals surface area (Å²) in [5.74, 6) is 2.13. The lowest BCUT2D eigenvalue weighted by Gasteiger charge is -2.21. The Bertz CT molecular complexity index is 664. The standard InChI is InChI=1S/C22H31NO2/c1-5-11-25-20-9-7-18(8-10-20)14-19(15-23)21-12-16(3)17(4)13-22(21)24-6-2/h7-10,12-13,19H,5-6,11,14-15,23H2,1-4H3. The van der Waals surface area contributed by atoms with Gasteiger partial charge in [-0.15, -0.1) is 0 Å². The van der Waals surface area contributed by atoms with Crippen LogP contribution in [0.15, 0.2) is 36.4 Å². The van der Waals surface area contributed by atoms with Crippen LogP contribution in [0.1, 0.15) is 48.4 Å².